The molecule has 3 aromatic heterocycles. The number of halogens is 3. The van der Waals surface area contributed by atoms with Crippen molar-refractivity contribution in [1.29, 1.82) is 0 Å². The highest BCUT2D eigenvalue weighted by Crippen LogP contribution is 2.35. The zero-order valence-corrected chi connectivity index (χ0v) is 16.2. The van der Waals surface area contributed by atoms with Gasteiger partial charge in [-0.3, -0.25) is 0 Å². The van der Waals surface area contributed by atoms with E-state index in [1.54, 1.807) is 35.0 Å². The summed E-state index contributed by atoms with van der Waals surface area (Å²) in [4.78, 5) is 10.5. The SMILES string of the molecule is Cl.Fc1cccc([C@H]2CCCN2c2ccc3ncc(-c4cccc(F)n4)n3n2)c1. The number of fused-ring (bicyclic) bond motifs is 1. The fourth-order valence-corrected chi connectivity index (χ4v) is 3.84. The third-order valence-electron chi connectivity index (χ3n) is 5.11. The fourth-order valence-electron chi connectivity index (χ4n) is 3.84. The Morgan fingerprint density at radius 2 is 1.86 bits per heavy atom. The van der Waals surface area contributed by atoms with E-state index in [4.69, 9.17) is 5.10 Å². The summed E-state index contributed by atoms with van der Waals surface area (Å²) in [7, 11) is 0. The second kappa shape index (κ2) is 7.75. The van der Waals surface area contributed by atoms with Crippen LogP contribution in [0.1, 0.15) is 24.4 Å². The van der Waals surface area contributed by atoms with Crippen molar-refractivity contribution < 1.29 is 8.78 Å². The Morgan fingerprint density at radius 1 is 1.00 bits per heavy atom. The maximum Gasteiger partial charge on any atom is 0.213 e. The van der Waals surface area contributed by atoms with Crippen molar-refractivity contribution in [2.75, 3.05) is 11.4 Å². The van der Waals surface area contributed by atoms with Gasteiger partial charge in [0.05, 0.1) is 17.9 Å². The van der Waals surface area contributed by atoms with Crippen LogP contribution in [0.4, 0.5) is 14.6 Å². The minimum Gasteiger partial charge on any atom is -0.348 e. The molecule has 148 valence electrons. The molecule has 0 aliphatic carbocycles. The summed E-state index contributed by atoms with van der Waals surface area (Å²) in [5.41, 5.74) is 2.70. The van der Waals surface area contributed by atoms with Crippen molar-refractivity contribution in [2.24, 2.45) is 0 Å². The average molecular weight is 414 g/mol. The molecule has 29 heavy (non-hydrogen) atoms. The van der Waals surface area contributed by atoms with Gasteiger partial charge in [-0.25, -0.2) is 18.9 Å². The van der Waals surface area contributed by atoms with Crippen LogP contribution in [-0.4, -0.2) is 26.1 Å². The minimum atomic E-state index is -0.547. The van der Waals surface area contributed by atoms with Gasteiger partial charge in [-0.1, -0.05) is 18.2 Å². The number of anilines is 1. The molecule has 8 heteroatoms. The number of benzene rings is 1. The fraction of sp³-hybridized carbons (Fsp3) is 0.190. The molecule has 1 aliphatic heterocycles. The van der Waals surface area contributed by atoms with Gasteiger partial charge < -0.3 is 4.90 Å². The second-order valence-electron chi connectivity index (χ2n) is 6.86. The number of imidazole rings is 1. The van der Waals surface area contributed by atoms with E-state index < -0.39 is 5.95 Å². The monoisotopic (exact) mass is 413 g/mol. The van der Waals surface area contributed by atoms with Gasteiger partial charge in [0.1, 0.15) is 17.3 Å². The van der Waals surface area contributed by atoms with E-state index in [-0.39, 0.29) is 24.3 Å². The number of nitrogens with zero attached hydrogens (tertiary/aromatic N) is 5. The summed E-state index contributed by atoms with van der Waals surface area (Å²) < 4.78 is 28.9. The Hall–Kier alpha value is -3.06. The number of rotatable bonds is 3. The van der Waals surface area contributed by atoms with Crippen LogP contribution < -0.4 is 4.90 Å². The molecule has 0 amide bonds. The average Bonchev–Trinajstić information content (AvgIpc) is 3.34. The standard InChI is InChI=1S/C21H17F2N5.ClH/c22-15-5-1-4-14(12-15)17-7-3-11-27(17)21-10-9-20-24-13-18(28(20)26-21)16-6-2-8-19(23)25-16;/h1-2,4-6,8-10,12-13,17H,3,7,11H2;1H/t17-;/m1./s1. The molecular weight excluding hydrogens is 396 g/mol. The number of hydrogen-bond acceptors (Lipinski definition) is 4. The minimum absolute atomic E-state index is 0. The van der Waals surface area contributed by atoms with Crippen LogP contribution >= 0.6 is 12.4 Å². The van der Waals surface area contributed by atoms with Crippen molar-refractivity contribution >= 4 is 23.9 Å². The van der Waals surface area contributed by atoms with Crippen LogP contribution in [0.2, 0.25) is 0 Å². The van der Waals surface area contributed by atoms with Gasteiger partial charge in [0.2, 0.25) is 5.95 Å². The predicted molar refractivity (Wildman–Crippen MR) is 109 cm³/mol. The molecule has 1 aromatic carbocycles. The molecule has 4 aromatic rings. The summed E-state index contributed by atoms with van der Waals surface area (Å²) >= 11 is 0. The van der Waals surface area contributed by atoms with E-state index in [1.165, 1.54) is 12.1 Å². The molecule has 0 unspecified atom stereocenters. The van der Waals surface area contributed by atoms with Gasteiger partial charge in [-0.15, -0.1) is 17.5 Å². The summed E-state index contributed by atoms with van der Waals surface area (Å²) in [6, 6.07) is 15.2. The Bertz CT molecular complexity index is 1160. The van der Waals surface area contributed by atoms with Crippen molar-refractivity contribution in [1.82, 2.24) is 19.6 Å². The highest BCUT2D eigenvalue weighted by molar-refractivity contribution is 5.85. The van der Waals surface area contributed by atoms with Gasteiger partial charge >= 0.3 is 0 Å². The quantitative estimate of drug-likeness (QED) is 0.451. The van der Waals surface area contributed by atoms with Crippen molar-refractivity contribution in [2.45, 2.75) is 18.9 Å². The third-order valence-corrected chi connectivity index (χ3v) is 5.11. The van der Waals surface area contributed by atoms with Crippen LogP contribution in [0.25, 0.3) is 17.0 Å². The van der Waals surface area contributed by atoms with Crippen LogP contribution in [-0.2, 0) is 0 Å². The summed E-state index contributed by atoms with van der Waals surface area (Å²) in [5.74, 6) is -0.00827. The molecule has 0 radical (unpaired) electrons. The molecule has 5 rings (SSSR count). The van der Waals surface area contributed by atoms with Gasteiger partial charge in [0.15, 0.2) is 5.65 Å². The lowest BCUT2D eigenvalue weighted by Gasteiger charge is -2.26. The summed E-state index contributed by atoms with van der Waals surface area (Å²) in [6.45, 7) is 0.835. The van der Waals surface area contributed by atoms with Crippen molar-refractivity contribution in [3.05, 3.63) is 78.1 Å². The maximum absolute atomic E-state index is 13.7. The first-order valence-electron chi connectivity index (χ1n) is 9.19. The molecule has 1 saturated heterocycles. The van der Waals surface area contributed by atoms with E-state index in [2.05, 4.69) is 14.9 Å². The molecule has 1 aliphatic rings. The van der Waals surface area contributed by atoms with E-state index >= 15 is 0 Å². The highest BCUT2D eigenvalue weighted by Gasteiger charge is 2.28. The smallest absolute Gasteiger partial charge is 0.213 e. The van der Waals surface area contributed by atoms with Crippen LogP contribution in [0.15, 0.2) is 60.8 Å². The van der Waals surface area contributed by atoms with Crippen molar-refractivity contribution in [3.8, 4) is 11.4 Å². The van der Waals surface area contributed by atoms with Crippen LogP contribution in [0.3, 0.4) is 0 Å². The molecule has 1 fully saturated rings. The van der Waals surface area contributed by atoms with Gasteiger partial charge in [-0.2, -0.15) is 4.39 Å². The molecule has 0 spiro atoms. The molecule has 1 atom stereocenters. The maximum atomic E-state index is 13.7. The number of aromatic nitrogens is 4. The first kappa shape index (κ1) is 19.3. The van der Waals surface area contributed by atoms with Gasteiger partial charge in [0, 0.05) is 6.54 Å². The highest BCUT2D eigenvalue weighted by atomic mass is 35.5. The first-order chi connectivity index (χ1) is 13.7. The Kier molecular flexibility index (Phi) is 5.15. The van der Waals surface area contributed by atoms with Crippen molar-refractivity contribution in [3.63, 3.8) is 0 Å². The first-order valence-corrected chi connectivity index (χ1v) is 9.19. The number of hydrogen-bond donors (Lipinski definition) is 0. The second-order valence-corrected chi connectivity index (χ2v) is 6.86. The molecule has 5 nitrogen and oxygen atoms in total. The van der Waals surface area contributed by atoms with E-state index in [1.807, 2.05) is 18.2 Å². The zero-order valence-electron chi connectivity index (χ0n) is 15.4. The molecule has 0 N–H and O–H groups in total. The topological polar surface area (TPSA) is 46.3 Å². The Labute approximate surface area is 172 Å². The molecule has 4 heterocycles. The predicted octanol–water partition coefficient (Wildman–Crippen LogP) is 4.83. The molecule has 0 saturated carbocycles. The zero-order chi connectivity index (χ0) is 19.1. The lowest BCUT2D eigenvalue weighted by molar-refractivity contribution is 0.585. The lowest BCUT2D eigenvalue weighted by atomic mass is 10.0. The van der Waals surface area contributed by atoms with E-state index in [9.17, 15) is 8.78 Å². The largest absolute Gasteiger partial charge is 0.348 e. The van der Waals surface area contributed by atoms with E-state index in [0.717, 1.165) is 30.8 Å². The molecule has 0 bridgehead atoms. The summed E-state index contributed by atoms with van der Waals surface area (Å²) in [5, 5.41) is 4.75. The van der Waals surface area contributed by atoms with Gasteiger partial charge in [-0.05, 0) is 54.8 Å². The Balaban J connectivity index is 0.00000205. The third kappa shape index (κ3) is 3.53. The summed E-state index contributed by atoms with van der Waals surface area (Å²) in [6.07, 6.45) is 3.58. The van der Waals surface area contributed by atoms with Crippen LogP contribution in [0.5, 0.6) is 0 Å². The number of pyridine rings is 1. The normalized spacial score (nSPS) is 16.2. The Morgan fingerprint density at radius 3 is 2.69 bits per heavy atom. The van der Waals surface area contributed by atoms with Gasteiger partial charge in [0.25, 0.3) is 0 Å². The lowest BCUT2D eigenvalue weighted by Crippen LogP contribution is -2.24. The van der Waals surface area contributed by atoms with Crippen LogP contribution in [0, 0.1) is 11.8 Å². The molecular formula is C21H18ClF2N5. The van der Waals surface area contributed by atoms with E-state index in [0.29, 0.717) is 17.0 Å².